The molecule has 2 rings (SSSR count). The molecule has 1 aromatic rings. The lowest BCUT2D eigenvalue weighted by Crippen LogP contribution is -2.41. The number of likely N-dealkylation sites (tertiary alicyclic amines) is 1. The Morgan fingerprint density at radius 2 is 2.00 bits per heavy atom. The van der Waals surface area contributed by atoms with Crippen LogP contribution >= 0.6 is 0 Å². The number of carbonyl (C=O) groups excluding carboxylic acids is 1. The van der Waals surface area contributed by atoms with Crippen LogP contribution in [0.3, 0.4) is 0 Å². The standard InChI is InChI=1S/C15H20N2O3/c1-10-5-3-6-11(2)14(10)16-13(18)9-17-8-4-7-12(17)15(19)20/h3,5-6,12H,4,7-9H2,1-2H3,(H,16,18)(H,19,20). The van der Waals surface area contributed by atoms with E-state index in [9.17, 15) is 9.59 Å². The van der Waals surface area contributed by atoms with Crippen molar-refractivity contribution in [2.45, 2.75) is 32.7 Å². The van der Waals surface area contributed by atoms with Gasteiger partial charge in [0.1, 0.15) is 6.04 Å². The van der Waals surface area contributed by atoms with Crippen molar-refractivity contribution in [2.24, 2.45) is 0 Å². The summed E-state index contributed by atoms with van der Waals surface area (Å²) in [5.41, 5.74) is 2.84. The van der Waals surface area contributed by atoms with Gasteiger partial charge >= 0.3 is 5.97 Å². The van der Waals surface area contributed by atoms with E-state index in [2.05, 4.69) is 5.32 Å². The fourth-order valence-corrected chi connectivity index (χ4v) is 2.67. The number of rotatable bonds is 4. The topological polar surface area (TPSA) is 69.6 Å². The van der Waals surface area contributed by atoms with E-state index in [1.165, 1.54) is 0 Å². The van der Waals surface area contributed by atoms with Gasteiger partial charge in [0.15, 0.2) is 0 Å². The van der Waals surface area contributed by atoms with Crippen molar-refractivity contribution < 1.29 is 14.7 Å². The predicted octanol–water partition coefficient (Wildman–Crippen LogP) is 1.79. The molecule has 0 bridgehead atoms. The van der Waals surface area contributed by atoms with Crippen LogP contribution in [0.5, 0.6) is 0 Å². The van der Waals surface area contributed by atoms with E-state index in [1.807, 2.05) is 32.0 Å². The number of aliphatic carboxylic acids is 1. The molecule has 5 heteroatoms. The number of benzene rings is 1. The third-order valence-electron chi connectivity index (χ3n) is 3.74. The molecule has 20 heavy (non-hydrogen) atoms. The molecule has 0 radical (unpaired) electrons. The number of nitrogens with zero attached hydrogens (tertiary/aromatic N) is 1. The predicted molar refractivity (Wildman–Crippen MR) is 76.8 cm³/mol. The van der Waals surface area contributed by atoms with Crippen LogP contribution in [-0.2, 0) is 9.59 Å². The summed E-state index contributed by atoms with van der Waals surface area (Å²) in [5, 5.41) is 12.0. The SMILES string of the molecule is Cc1cccc(C)c1NC(=O)CN1CCCC1C(=O)O. The molecule has 0 aromatic heterocycles. The van der Waals surface area contributed by atoms with Gasteiger partial charge in [-0.3, -0.25) is 14.5 Å². The van der Waals surface area contributed by atoms with Gasteiger partial charge in [-0.25, -0.2) is 0 Å². The van der Waals surface area contributed by atoms with Gasteiger partial charge in [-0.1, -0.05) is 18.2 Å². The fraction of sp³-hybridized carbons (Fsp3) is 0.467. The van der Waals surface area contributed by atoms with Crippen molar-refractivity contribution in [2.75, 3.05) is 18.4 Å². The summed E-state index contributed by atoms with van der Waals surface area (Å²) in [5.74, 6) is -1.00. The van der Waals surface area contributed by atoms with Crippen LogP contribution in [0.2, 0.25) is 0 Å². The maximum absolute atomic E-state index is 12.1. The maximum Gasteiger partial charge on any atom is 0.320 e. The molecule has 1 aliphatic heterocycles. The number of hydrogen-bond donors (Lipinski definition) is 2. The first-order valence-electron chi connectivity index (χ1n) is 6.82. The monoisotopic (exact) mass is 276 g/mol. The number of nitrogens with one attached hydrogen (secondary N) is 1. The van der Waals surface area contributed by atoms with Crippen molar-refractivity contribution in [1.29, 1.82) is 0 Å². The van der Waals surface area contributed by atoms with Crippen molar-refractivity contribution in [3.05, 3.63) is 29.3 Å². The molecule has 5 nitrogen and oxygen atoms in total. The number of carboxylic acid groups (broad SMARTS) is 1. The molecular weight excluding hydrogens is 256 g/mol. The van der Waals surface area contributed by atoms with Gasteiger partial charge in [0, 0.05) is 5.69 Å². The zero-order valence-corrected chi connectivity index (χ0v) is 11.8. The Morgan fingerprint density at radius 3 is 2.60 bits per heavy atom. The third kappa shape index (κ3) is 3.17. The summed E-state index contributed by atoms with van der Waals surface area (Å²) in [6, 6.07) is 5.30. The van der Waals surface area contributed by atoms with E-state index in [0.717, 1.165) is 23.2 Å². The normalized spacial score (nSPS) is 19.0. The second kappa shape index (κ2) is 6.05. The minimum atomic E-state index is -0.845. The molecule has 1 saturated heterocycles. The first kappa shape index (κ1) is 14.5. The Morgan fingerprint density at radius 1 is 1.35 bits per heavy atom. The number of aryl methyl sites for hydroxylation is 2. The average Bonchev–Trinajstić information content (AvgIpc) is 2.82. The van der Waals surface area contributed by atoms with Gasteiger partial charge < -0.3 is 10.4 Å². The molecule has 0 aliphatic carbocycles. The number of anilines is 1. The molecule has 0 saturated carbocycles. The second-order valence-electron chi connectivity index (χ2n) is 5.28. The summed E-state index contributed by atoms with van der Waals surface area (Å²) in [6.45, 7) is 4.68. The van der Waals surface area contributed by atoms with Crippen LogP contribution in [0.15, 0.2) is 18.2 Å². The molecule has 1 aromatic carbocycles. The fourth-order valence-electron chi connectivity index (χ4n) is 2.67. The molecular formula is C15H20N2O3. The van der Waals surface area contributed by atoms with Crippen LogP contribution in [0.1, 0.15) is 24.0 Å². The Balaban J connectivity index is 2.01. The number of hydrogen-bond acceptors (Lipinski definition) is 3. The molecule has 2 N–H and O–H groups in total. The van der Waals surface area contributed by atoms with Crippen LogP contribution in [0, 0.1) is 13.8 Å². The number of amides is 1. The summed E-state index contributed by atoms with van der Waals surface area (Å²) in [6.07, 6.45) is 1.44. The van der Waals surface area contributed by atoms with Crippen LogP contribution in [0.4, 0.5) is 5.69 Å². The van der Waals surface area contributed by atoms with Gasteiger partial charge in [-0.15, -0.1) is 0 Å². The molecule has 1 aliphatic rings. The van der Waals surface area contributed by atoms with Crippen LogP contribution in [0.25, 0.3) is 0 Å². The molecule has 1 amide bonds. The van der Waals surface area contributed by atoms with E-state index in [0.29, 0.717) is 13.0 Å². The van der Waals surface area contributed by atoms with Gasteiger partial charge in [0.2, 0.25) is 5.91 Å². The Kier molecular flexibility index (Phi) is 4.39. The van der Waals surface area contributed by atoms with Crippen molar-refractivity contribution >= 4 is 17.6 Å². The zero-order valence-electron chi connectivity index (χ0n) is 11.8. The van der Waals surface area contributed by atoms with Gasteiger partial charge in [0.25, 0.3) is 0 Å². The molecule has 1 fully saturated rings. The molecule has 1 atom stereocenters. The second-order valence-corrected chi connectivity index (χ2v) is 5.28. The average molecular weight is 276 g/mol. The van der Waals surface area contributed by atoms with Crippen molar-refractivity contribution in [3.8, 4) is 0 Å². The smallest absolute Gasteiger partial charge is 0.320 e. The van der Waals surface area contributed by atoms with Gasteiger partial charge in [0.05, 0.1) is 6.54 Å². The summed E-state index contributed by atoms with van der Waals surface area (Å²) in [4.78, 5) is 24.9. The van der Waals surface area contributed by atoms with Gasteiger partial charge in [-0.2, -0.15) is 0 Å². The highest BCUT2D eigenvalue weighted by Crippen LogP contribution is 2.20. The number of para-hydroxylation sites is 1. The van der Waals surface area contributed by atoms with E-state index in [1.54, 1.807) is 4.90 Å². The minimum Gasteiger partial charge on any atom is -0.480 e. The Hall–Kier alpha value is -1.88. The number of carboxylic acids is 1. The summed E-state index contributed by atoms with van der Waals surface area (Å²) in [7, 11) is 0. The Bertz CT molecular complexity index is 508. The molecule has 0 spiro atoms. The van der Waals surface area contributed by atoms with Crippen molar-refractivity contribution in [3.63, 3.8) is 0 Å². The highest BCUT2D eigenvalue weighted by molar-refractivity contribution is 5.94. The van der Waals surface area contributed by atoms with Crippen LogP contribution < -0.4 is 5.32 Å². The van der Waals surface area contributed by atoms with E-state index >= 15 is 0 Å². The van der Waals surface area contributed by atoms with Crippen LogP contribution in [-0.4, -0.2) is 41.0 Å². The lowest BCUT2D eigenvalue weighted by molar-refractivity contribution is -0.142. The number of carbonyl (C=O) groups is 2. The largest absolute Gasteiger partial charge is 0.480 e. The maximum atomic E-state index is 12.1. The lowest BCUT2D eigenvalue weighted by Gasteiger charge is -2.21. The molecule has 1 unspecified atom stereocenters. The molecule has 1 heterocycles. The summed E-state index contributed by atoms with van der Waals surface area (Å²) >= 11 is 0. The van der Waals surface area contributed by atoms with Crippen molar-refractivity contribution in [1.82, 2.24) is 4.90 Å². The highest BCUT2D eigenvalue weighted by atomic mass is 16.4. The van der Waals surface area contributed by atoms with E-state index in [4.69, 9.17) is 5.11 Å². The quantitative estimate of drug-likeness (QED) is 0.879. The highest BCUT2D eigenvalue weighted by Gasteiger charge is 2.31. The third-order valence-corrected chi connectivity index (χ3v) is 3.74. The first-order valence-corrected chi connectivity index (χ1v) is 6.82. The first-order chi connectivity index (χ1) is 9.49. The van der Waals surface area contributed by atoms with E-state index in [-0.39, 0.29) is 12.5 Å². The zero-order chi connectivity index (χ0) is 14.7. The lowest BCUT2D eigenvalue weighted by atomic mass is 10.1. The minimum absolute atomic E-state index is 0.130. The van der Waals surface area contributed by atoms with Gasteiger partial charge in [-0.05, 0) is 44.4 Å². The van der Waals surface area contributed by atoms with E-state index < -0.39 is 12.0 Å². The molecule has 108 valence electrons. The summed E-state index contributed by atoms with van der Waals surface area (Å²) < 4.78 is 0. The Labute approximate surface area is 118 Å².